The molecule has 1 aliphatic rings. The van der Waals surface area contributed by atoms with Crippen LogP contribution in [0.25, 0.3) is 0 Å². The van der Waals surface area contributed by atoms with Crippen LogP contribution in [0, 0.1) is 6.92 Å². The summed E-state index contributed by atoms with van der Waals surface area (Å²) in [6.07, 6.45) is 1.67. The molecular formula is C40H46N2O4. The zero-order valence-corrected chi connectivity index (χ0v) is 27.3. The van der Waals surface area contributed by atoms with Crippen LogP contribution >= 0.6 is 0 Å². The van der Waals surface area contributed by atoms with E-state index in [1.807, 2.05) is 67.6 Å². The van der Waals surface area contributed by atoms with Crippen LogP contribution in [0.2, 0.25) is 0 Å². The Hall–Kier alpha value is -4.26. The largest absolute Gasteiger partial charge is 0.454 e. The van der Waals surface area contributed by atoms with Crippen molar-refractivity contribution in [1.82, 2.24) is 0 Å². The van der Waals surface area contributed by atoms with Gasteiger partial charge in [0.25, 0.3) is 0 Å². The summed E-state index contributed by atoms with van der Waals surface area (Å²) in [5.41, 5.74) is 19.6. The quantitative estimate of drug-likeness (QED) is 0.164. The molecule has 0 amide bonds. The Balaban J connectivity index is 1.62. The van der Waals surface area contributed by atoms with Gasteiger partial charge in [-0.25, -0.2) is 9.59 Å². The maximum absolute atomic E-state index is 14.2. The lowest BCUT2D eigenvalue weighted by Crippen LogP contribution is -2.47. The van der Waals surface area contributed by atoms with Crippen molar-refractivity contribution in [1.29, 1.82) is 0 Å². The molecule has 4 N–H and O–H groups in total. The fraction of sp³-hybridized carbons (Fsp3) is 0.350. The first-order valence-electron chi connectivity index (χ1n) is 16.5. The van der Waals surface area contributed by atoms with Crippen molar-refractivity contribution in [2.45, 2.75) is 89.5 Å². The van der Waals surface area contributed by atoms with Gasteiger partial charge in [-0.1, -0.05) is 119 Å². The van der Waals surface area contributed by atoms with Crippen molar-refractivity contribution in [3.05, 3.63) is 142 Å². The van der Waals surface area contributed by atoms with Gasteiger partial charge in [0.1, 0.15) is 6.10 Å². The van der Waals surface area contributed by atoms with Crippen LogP contribution in [0.5, 0.6) is 0 Å². The van der Waals surface area contributed by atoms with Gasteiger partial charge in [0, 0.05) is 18.0 Å². The first-order valence-corrected chi connectivity index (χ1v) is 16.5. The monoisotopic (exact) mass is 618 g/mol. The minimum Gasteiger partial charge on any atom is -0.454 e. The molecular weight excluding hydrogens is 572 g/mol. The third kappa shape index (κ3) is 6.79. The van der Waals surface area contributed by atoms with Gasteiger partial charge in [-0.3, -0.25) is 0 Å². The molecule has 0 heterocycles. The molecule has 0 bridgehead atoms. The van der Waals surface area contributed by atoms with Crippen molar-refractivity contribution in [2.24, 2.45) is 11.5 Å². The number of carbonyl (C=O) groups excluding carboxylic acids is 2. The highest BCUT2D eigenvalue weighted by atomic mass is 16.6. The average Bonchev–Trinajstić information content (AvgIpc) is 3.07. The third-order valence-corrected chi connectivity index (χ3v) is 9.34. The summed E-state index contributed by atoms with van der Waals surface area (Å²) in [4.78, 5) is 28.3. The topological polar surface area (TPSA) is 105 Å². The van der Waals surface area contributed by atoms with Crippen molar-refractivity contribution in [3.8, 4) is 0 Å². The normalized spacial score (nSPS) is 20.3. The maximum atomic E-state index is 14.2. The first-order chi connectivity index (χ1) is 22.3. The predicted molar refractivity (Wildman–Crippen MR) is 183 cm³/mol. The molecule has 4 aromatic rings. The molecule has 240 valence electrons. The van der Waals surface area contributed by atoms with Gasteiger partial charge in [-0.15, -0.1) is 0 Å². The molecule has 6 nitrogen and oxygen atoms in total. The molecule has 0 radical (unpaired) electrons. The van der Waals surface area contributed by atoms with Gasteiger partial charge in [-0.2, -0.15) is 0 Å². The Labute approximate surface area is 273 Å². The van der Waals surface area contributed by atoms with E-state index in [0.717, 1.165) is 59.1 Å². The molecule has 6 heteroatoms. The van der Waals surface area contributed by atoms with Gasteiger partial charge >= 0.3 is 11.9 Å². The smallest absolute Gasteiger partial charge is 0.338 e. The number of nitrogens with two attached hydrogens (primary N) is 2. The van der Waals surface area contributed by atoms with E-state index in [4.69, 9.17) is 20.9 Å². The van der Waals surface area contributed by atoms with E-state index >= 15 is 0 Å². The highest BCUT2D eigenvalue weighted by molar-refractivity contribution is 5.92. The Morgan fingerprint density at radius 3 is 1.59 bits per heavy atom. The molecule has 5 rings (SSSR count). The summed E-state index contributed by atoms with van der Waals surface area (Å²) in [6.45, 7) is 8.23. The standard InChI is InChI=1S/C40H46N2O4/c1-5-15-34(41)29-20-10-13-23-32(29)39(43)45-37-26(4)28-19-9-12-22-31(28)36(27-18-8-7-17-25(27)3)38(37)46-40(44)33-24-14-11-21-30(33)35(42)16-6-2/h7-14,17-24,26,34-38H,5-6,15-16,41-42H2,1-4H3/t26?,34?,35?,36-,37?,38?/m0/s1. The van der Waals surface area contributed by atoms with E-state index in [2.05, 4.69) is 45.0 Å². The molecule has 0 spiro atoms. The van der Waals surface area contributed by atoms with Crippen LogP contribution in [0.1, 0.15) is 124 Å². The molecule has 46 heavy (non-hydrogen) atoms. The van der Waals surface area contributed by atoms with Crippen LogP contribution < -0.4 is 11.5 Å². The zero-order valence-electron chi connectivity index (χ0n) is 27.3. The molecule has 0 fully saturated rings. The van der Waals surface area contributed by atoms with Crippen molar-refractivity contribution in [3.63, 3.8) is 0 Å². The number of esters is 2. The SMILES string of the molecule is CCCC(N)c1ccccc1C(=O)OC1C(C)c2ccccc2[C@H](c2ccccc2C)C1OC(=O)c1ccccc1C(N)CCC. The minimum atomic E-state index is -0.811. The molecule has 0 saturated heterocycles. The lowest BCUT2D eigenvalue weighted by molar-refractivity contribution is -0.0533. The molecule has 1 aliphatic carbocycles. The molecule has 6 atom stereocenters. The minimum absolute atomic E-state index is 0.257. The van der Waals surface area contributed by atoms with Crippen LogP contribution in [0.3, 0.4) is 0 Å². The lowest BCUT2D eigenvalue weighted by Gasteiger charge is -2.42. The number of aryl methyl sites for hydroxylation is 1. The number of fused-ring (bicyclic) bond motifs is 1. The summed E-state index contributed by atoms with van der Waals surface area (Å²) in [5.74, 6) is -1.59. The molecule has 0 aromatic heterocycles. The van der Waals surface area contributed by atoms with Gasteiger partial charge < -0.3 is 20.9 Å². The Bertz CT molecular complexity index is 1670. The van der Waals surface area contributed by atoms with E-state index in [9.17, 15) is 9.59 Å². The lowest BCUT2D eigenvalue weighted by atomic mass is 9.70. The van der Waals surface area contributed by atoms with Gasteiger partial charge in [-0.05, 0) is 65.3 Å². The van der Waals surface area contributed by atoms with Crippen LogP contribution in [0.4, 0.5) is 0 Å². The maximum Gasteiger partial charge on any atom is 0.338 e. The van der Waals surface area contributed by atoms with E-state index in [0.29, 0.717) is 11.1 Å². The highest BCUT2D eigenvalue weighted by Gasteiger charge is 2.47. The van der Waals surface area contributed by atoms with E-state index in [1.165, 1.54) is 0 Å². The molecule has 5 unspecified atom stereocenters. The van der Waals surface area contributed by atoms with E-state index in [1.54, 1.807) is 12.1 Å². The third-order valence-electron chi connectivity index (χ3n) is 9.34. The van der Waals surface area contributed by atoms with Crippen molar-refractivity contribution < 1.29 is 19.1 Å². The van der Waals surface area contributed by atoms with Crippen LogP contribution in [0.15, 0.2) is 97.1 Å². The summed E-state index contributed by atoms with van der Waals surface area (Å²) in [6, 6.07) is 30.4. The number of ether oxygens (including phenoxy) is 2. The van der Waals surface area contributed by atoms with E-state index < -0.39 is 24.1 Å². The number of rotatable bonds is 11. The van der Waals surface area contributed by atoms with Gasteiger partial charge in [0.2, 0.25) is 0 Å². The van der Waals surface area contributed by atoms with Gasteiger partial charge in [0.05, 0.1) is 17.0 Å². The van der Waals surface area contributed by atoms with Crippen molar-refractivity contribution >= 4 is 11.9 Å². The second-order valence-electron chi connectivity index (χ2n) is 12.5. The first kappa shape index (κ1) is 33.1. The molecule has 0 aliphatic heterocycles. The van der Waals surface area contributed by atoms with Crippen LogP contribution in [-0.4, -0.2) is 24.1 Å². The summed E-state index contributed by atoms with van der Waals surface area (Å²) < 4.78 is 13.0. The fourth-order valence-electron chi connectivity index (χ4n) is 6.94. The number of carbonyl (C=O) groups is 2. The second kappa shape index (κ2) is 14.9. The number of hydrogen-bond donors (Lipinski definition) is 2. The summed E-state index contributed by atoms with van der Waals surface area (Å²) in [7, 11) is 0. The summed E-state index contributed by atoms with van der Waals surface area (Å²) >= 11 is 0. The van der Waals surface area contributed by atoms with Gasteiger partial charge in [0.15, 0.2) is 6.10 Å². The van der Waals surface area contributed by atoms with Crippen molar-refractivity contribution in [2.75, 3.05) is 0 Å². The fourth-order valence-corrected chi connectivity index (χ4v) is 6.94. The Kier molecular flexibility index (Phi) is 10.7. The van der Waals surface area contributed by atoms with Crippen LogP contribution in [-0.2, 0) is 9.47 Å². The second-order valence-corrected chi connectivity index (χ2v) is 12.5. The Morgan fingerprint density at radius 2 is 1.07 bits per heavy atom. The average molecular weight is 619 g/mol. The zero-order chi connectivity index (χ0) is 32.8. The summed E-state index contributed by atoms with van der Waals surface area (Å²) in [5, 5.41) is 0. The molecule has 4 aromatic carbocycles. The predicted octanol–water partition coefficient (Wildman–Crippen LogP) is 8.30. The number of hydrogen-bond acceptors (Lipinski definition) is 6. The Morgan fingerprint density at radius 1 is 0.630 bits per heavy atom. The molecule has 0 saturated carbocycles. The highest BCUT2D eigenvalue weighted by Crippen LogP contribution is 2.46. The van der Waals surface area contributed by atoms with E-state index in [-0.39, 0.29) is 23.9 Å². The number of benzene rings is 4.